The molecule has 2 aliphatic rings. The number of ether oxygens (including phenoxy) is 1. The Labute approximate surface area is 141 Å². The Morgan fingerprint density at radius 1 is 1.13 bits per heavy atom. The molecule has 0 aromatic carbocycles. The van der Waals surface area contributed by atoms with Crippen LogP contribution in [0.3, 0.4) is 0 Å². The SMILES string of the molecule is COC(=O)C(C1CCC(Cl)CC1)C1CCC(C)CC1C(F)(F)F. The van der Waals surface area contributed by atoms with Gasteiger partial charge in [0.15, 0.2) is 0 Å². The maximum Gasteiger partial charge on any atom is 0.392 e. The summed E-state index contributed by atoms with van der Waals surface area (Å²) in [4.78, 5) is 12.3. The molecule has 0 radical (unpaired) electrons. The molecule has 6 heteroatoms. The molecular formula is C17H26ClF3O2. The van der Waals surface area contributed by atoms with Crippen molar-refractivity contribution in [3.63, 3.8) is 0 Å². The van der Waals surface area contributed by atoms with Gasteiger partial charge in [0.05, 0.1) is 18.9 Å². The molecule has 4 unspecified atom stereocenters. The molecule has 2 fully saturated rings. The van der Waals surface area contributed by atoms with Crippen LogP contribution in [0.5, 0.6) is 0 Å². The topological polar surface area (TPSA) is 26.3 Å². The normalized spacial score (nSPS) is 37.2. The van der Waals surface area contributed by atoms with Gasteiger partial charge in [0.2, 0.25) is 0 Å². The fourth-order valence-electron chi connectivity index (χ4n) is 4.50. The van der Waals surface area contributed by atoms with Crippen LogP contribution in [-0.2, 0) is 9.53 Å². The summed E-state index contributed by atoms with van der Waals surface area (Å²) in [6.07, 6.45) is 0.0114. The number of rotatable bonds is 3. The fraction of sp³-hybridized carbons (Fsp3) is 0.941. The zero-order valence-electron chi connectivity index (χ0n) is 13.7. The molecule has 0 N–H and O–H groups in total. The number of halogens is 4. The zero-order chi connectivity index (χ0) is 17.2. The van der Waals surface area contributed by atoms with Crippen molar-refractivity contribution in [1.29, 1.82) is 0 Å². The van der Waals surface area contributed by atoms with E-state index in [0.29, 0.717) is 19.3 Å². The van der Waals surface area contributed by atoms with Crippen LogP contribution in [0.1, 0.15) is 51.9 Å². The Morgan fingerprint density at radius 2 is 1.74 bits per heavy atom. The van der Waals surface area contributed by atoms with E-state index in [1.165, 1.54) is 7.11 Å². The zero-order valence-corrected chi connectivity index (χ0v) is 14.5. The van der Waals surface area contributed by atoms with Gasteiger partial charge in [-0.15, -0.1) is 11.6 Å². The van der Waals surface area contributed by atoms with Gasteiger partial charge in [-0.1, -0.05) is 13.3 Å². The van der Waals surface area contributed by atoms with E-state index in [1.54, 1.807) is 0 Å². The van der Waals surface area contributed by atoms with Crippen LogP contribution in [-0.4, -0.2) is 24.6 Å². The molecule has 2 aliphatic carbocycles. The van der Waals surface area contributed by atoms with Gasteiger partial charge in [0.25, 0.3) is 0 Å². The second-order valence-corrected chi connectivity index (χ2v) is 7.91. The van der Waals surface area contributed by atoms with E-state index in [-0.39, 0.29) is 23.6 Å². The highest BCUT2D eigenvalue weighted by Gasteiger charge is 2.52. The molecule has 2 saturated carbocycles. The predicted octanol–water partition coefficient (Wildman–Crippen LogP) is 5.19. The van der Waals surface area contributed by atoms with Crippen molar-refractivity contribution in [2.45, 2.75) is 63.4 Å². The van der Waals surface area contributed by atoms with E-state index in [9.17, 15) is 18.0 Å². The second kappa shape index (κ2) is 7.62. The van der Waals surface area contributed by atoms with E-state index in [1.807, 2.05) is 6.92 Å². The van der Waals surface area contributed by atoms with Crippen molar-refractivity contribution in [3.8, 4) is 0 Å². The van der Waals surface area contributed by atoms with Gasteiger partial charge in [-0.2, -0.15) is 13.2 Å². The molecule has 0 amide bonds. The van der Waals surface area contributed by atoms with Crippen molar-refractivity contribution in [3.05, 3.63) is 0 Å². The van der Waals surface area contributed by atoms with Crippen LogP contribution in [0.15, 0.2) is 0 Å². The summed E-state index contributed by atoms with van der Waals surface area (Å²) in [5.74, 6) is -3.17. The number of esters is 1. The molecule has 23 heavy (non-hydrogen) atoms. The number of hydrogen-bond acceptors (Lipinski definition) is 2. The van der Waals surface area contributed by atoms with Gasteiger partial charge >= 0.3 is 12.1 Å². The molecule has 2 rings (SSSR count). The molecule has 134 valence electrons. The van der Waals surface area contributed by atoms with Gasteiger partial charge in [0, 0.05) is 5.38 Å². The Bertz CT molecular complexity index is 405. The molecule has 0 aromatic rings. The lowest BCUT2D eigenvalue weighted by molar-refractivity contribution is -0.211. The third-order valence-corrected chi connectivity index (χ3v) is 6.17. The highest BCUT2D eigenvalue weighted by molar-refractivity contribution is 6.20. The molecule has 2 nitrogen and oxygen atoms in total. The number of methoxy groups -OCH3 is 1. The number of carbonyl (C=O) groups is 1. The monoisotopic (exact) mass is 354 g/mol. The third kappa shape index (κ3) is 4.55. The van der Waals surface area contributed by atoms with Crippen LogP contribution < -0.4 is 0 Å². The molecule has 0 heterocycles. The molecule has 4 atom stereocenters. The lowest BCUT2D eigenvalue weighted by Gasteiger charge is -2.43. The predicted molar refractivity (Wildman–Crippen MR) is 83.2 cm³/mol. The molecule has 0 aliphatic heterocycles. The van der Waals surface area contributed by atoms with Gasteiger partial charge in [0.1, 0.15) is 0 Å². The molecule has 0 aromatic heterocycles. The van der Waals surface area contributed by atoms with E-state index >= 15 is 0 Å². The summed E-state index contributed by atoms with van der Waals surface area (Å²) in [5, 5.41) is 0.0781. The maximum absolute atomic E-state index is 13.5. The largest absolute Gasteiger partial charge is 0.469 e. The van der Waals surface area contributed by atoms with Gasteiger partial charge in [-0.3, -0.25) is 4.79 Å². The summed E-state index contributed by atoms with van der Waals surface area (Å²) in [6.45, 7) is 1.86. The Balaban J connectivity index is 2.24. The maximum atomic E-state index is 13.5. The van der Waals surface area contributed by atoms with Crippen molar-refractivity contribution >= 4 is 17.6 Å². The Morgan fingerprint density at radius 3 is 2.26 bits per heavy atom. The summed E-state index contributed by atoms with van der Waals surface area (Å²) in [7, 11) is 1.27. The lowest BCUT2D eigenvalue weighted by Crippen LogP contribution is -2.45. The number of hydrogen-bond donors (Lipinski definition) is 0. The highest BCUT2D eigenvalue weighted by atomic mass is 35.5. The lowest BCUT2D eigenvalue weighted by atomic mass is 9.63. The smallest absolute Gasteiger partial charge is 0.392 e. The highest BCUT2D eigenvalue weighted by Crippen LogP contribution is 2.50. The van der Waals surface area contributed by atoms with E-state index in [4.69, 9.17) is 16.3 Å². The van der Waals surface area contributed by atoms with Crippen molar-refractivity contribution in [2.24, 2.45) is 29.6 Å². The van der Waals surface area contributed by atoms with E-state index in [2.05, 4.69) is 0 Å². The minimum absolute atomic E-state index is 0.0410. The number of carbonyl (C=O) groups excluding carboxylic acids is 1. The van der Waals surface area contributed by atoms with E-state index < -0.39 is 29.9 Å². The third-order valence-electron chi connectivity index (χ3n) is 5.73. The standard InChI is InChI=1S/C17H26ClF3O2/c1-10-3-8-13(14(9-10)17(19,20)21)15(16(22)23-2)11-4-6-12(18)7-5-11/h10-15H,3-9H2,1-2H3. The van der Waals surface area contributed by atoms with Crippen LogP contribution in [0.25, 0.3) is 0 Å². The average Bonchev–Trinajstić information content (AvgIpc) is 2.49. The first kappa shape index (κ1) is 18.9. The first-order valence-electron chi connectivity index (χ1n) is 8.52. The number of alkyl halides is 4. The summed E-state index contributed by atoms with van der Waals surface area (Å²) < 4.78 is 45.5. The first-order chi connectivity index (χ1) is 10.7. The van der Waals surface area contributed by atoms with Crippen LogP contribution in [0.4, 0.5) is 13.2 Å². The first-order valence-corrected chi connectivity index (χ1v) is 8.96. The van der Waals surface area contributed by atoms with Crippen LogP contribution in [0.2, 0.25) is 0 Å². The van der Waals surface area contributed by atoms with Crippen molar-refractivity contribution in [2.75, 3.05) is 7.11 Å². The van der Waals surface area contributed by atoms with Crippen LogP contribution >= 0.6 is 11.6 Å². The molecule has 0 spiro atoms. The van der Waals surface area contributed by atoms with Crippen molar-refractivity contribution < 1.29 is 22.7 Å². The summed E-state index contributed by atoms with van der Waals surface area (Å²) >= 11 is 6.11. The molecule has 0 saturated heterocycles. The van der Waals surface area contributed by atoms with Crippen molar-refractivity contribution in [1.82, 2.24) is 0 Å². The summed E-state index contributed by atoms with van der Waals surface area (Å²) in [5.41, 5.74) is 0. The van der Waals surface area contributed by atoms with Gasteiger partial charge in [-0.25, -0.2) is 0 Å². The minimum Gasteiger partial charge on any atom is -0.469 e. The average molecular weight is 355 g/mol. The van der Waals surface area contributed by atoms with Crippen LogP contribution in [0, 0.1) is 29.6 Å². The van der Waals surface area contributed by atoms with E-state index in [0.717, 1.165) is 19.3 Å². The van der Waals surface area contributed by atoms with Gasteiger partial charge < -0.3 is 4.74 Å². The van der Waals surface area contributed by atoms with Gasteiger partial charge in [-0.05, 0) is 56.3 Å². The molecule has 0 bridgehead atoms. The Hall–Kier alpha value is -0.450. The quantitative estimate of drug-likeness (QED) is 0.515. The second-order valence-electron chi connectivity index (χ2n) is 7.29. The Kier molecular flexibility index (Phi) is 6.26. The fourth-order valence-corrected chi connectivity index (χ4v) is 4.75. The minimum atomic E-state index is -4.25. The molecular weight excluding hydrogens is 329 g/mol. The summed E-state index contributed by atoms with van der Waals surface area (Å²) in [6, 6.07) is 0.